The number of para-hydroxylation sites is 1. The molecule has 0 radical (unpaired) electrons. The topological polar surface area (TPSA) is 56.5 Å². The van der Waals surface area contributed by atoms with Crippen molar-refractivity contribution < 1.29 is 0 Å². The molecule has 0 atom stereocenters. The van der Waals surface area contributed by atoms with Crippen LogP contribution >= 0.6 is 11.8 Å². The molecule has 0 spiro atoms. The molecule has 0 saturated heterocycles. The Labute approximate surface area is 175 Å². The molecule has 3 aromatic heterocycles. The van der Waals surface area contributed by atoms with Crippen LogP contribution in [0.1, 0.15) is 30.9 Å². The molecule has 0 fully saturated rings. The van der Waals surface area contributed by atoms with E-state index in [1.165, 1.54) is 11.1 Å². The summed E-state index contributed by atoms with van der Waals surface area (Å²) < 4.78 is 2.17. The lowest BCUT2D eigenvalue weighted by atomic mass is 10.0. The molecular formula is C23H23N5S. The zero-order chi connectivity index (χ0) is 20.1. The van der Waals surface area contributed by atoms with Gasteiger partial charge in [0.05, 0.1) is 5.69 Å². The number of aryl methyl sites for hydroxylation is 1. The fourth-order valence-electron chi connectivity index (χ4n) is 3.25. The van der Waals surface area contributed by atoms with E-state index in [4.69, 9.17) is 0 Å². The van der Waals surface area contributed by atoms with Crippen LogP contribution in [0.5, 0.6) is 0 Å². The molecule has 3 heterocycles. The van der Waals surface area contributed by atoms with E-state index in [1.54, 1.807) is 18.0 Å². The van der Waals surface area contributed by atoms with E-state index in [1.807, 2.05) is 30.7 Å². The van der Waals surface area contributed by atoms with E-state index >= 15 is 0 Å². The molecular weight excluding hydrogens is 378 g/mol. The van der Waals surface area contributed by atoms with Gasteiger partial charge in [-0.2, -0.15) is 0 Å². The molecule has 4 aromatic rings. The van der Waals surface area contributed by atoms with Gasteiger partial charge in [0, 0.05) is 36.1 Å². The van der Waals surface area contributed by atoms with Crippen LogP contribution in [0.3, 0.4) is 0 Å². The van der Waals surface area contributed by atoms with Crippen LogP contribution in [0.25, 0.3) is 17.1 Å². The predicted molar refractivity (Wildman–Crippen MR) is 117 cm³/mol. The number of thioether (sulfide) groups is 1. The number of aromatic nitrogens is 5. The molecule has 29 heavy (non-hydrogen) atoms. The third kappa shape index (κ3) is 4.38. The van der Waals surface area contributed by atoms with Crippen molar-refractivity contribution in [2.45, 2.75) is 31.3 Å². The van der Waals surface area contributed by atoms with Crippen molar-refractivity contribution in [3.8, 4) is 17.1 Å². The molecule has 0 N–H and O–H groups in total. The van der Waals surface area contributed by atoms with E-state index < -0.39 is 0 Å². The minimum Gasteiger partial charge on any atom is -0.270 e. The zero-order valence-corrected chi connectivity index (χ0v) is 17.4. The molecule has 0 aliphatic rings. The van der Waals surface area contributed by atoms with Gasteiger partial charge in [0.1, 0.15) is 0 Å². The fourth-order valence-corrected chi connectivity index (χ4v) is 4.18. The third-order valence-electron chi connectivity index (χ3n) is 4.72. The Bertz CT molecular complexity index is 1060. The second kappa shape index (κ2) is 9.01. The maximum Gasteiger partial charge on any atom is 0.196 e. The van der Waals surface area contributed by atoms with Crippen LogP contribution in [0.2, 0.25) is 0 Å². The first-order valence-electron chi connectivity index (χ1n) is 9.71. The first-order chi connectivity index (χ1) is 14.2. The van der Waals surface area contributed by atoms with Crippen LogP contribution < -0.4 is 0 Å². The summed E-state index contributed by atoms with van der Waals surface area (Å²) >= 11 is 1.72. The standard InChI is InChI=1S/C23H23N5S/c1-17(2)20-7-3-4-8-21(20)28-22(19-6-5-12-25-16-19)26-27-23(28)29-15-11-18-9-13-24-14-10-18/h3-10,12-14,16-17H,11,15H2,1-2H3. The van der Waals surface area contributed by atoms with Gasteiger partial charge in [0.2, 0.25) is 0 Å². The number of hydrogen-bond acceptors (Lipinski definition) is 5. The van der Waals surface area contributed by atoms with Crippen molar-refractivity contribution >= 4 is 11.8 Å². The zero-order valence-electron chi connectivity index (χ0n) is 16.6. The van der Waals surface area contributed by atoms with Crippen LogP contribution in [0.15, 0.2) is 78.5 Å². The minimum absolute atomic E-state index is 0.394. The Kier molecular flexibility index (Phi) is 6.00. The van der Waals surface area contributed by atoms with Crippen molar-refractivity contribution in [2.24, 2.45) is 0 Å². The number of rotatable bonds is 7. The highest BCUT2D eigenvalue weighted by atomic mass is 32.2. The second-order valence-corrected chi connectivity index (χ2v) is 8.11. The molecule has 0 saturated carbocycles. The molecule has 0 amide bonds. The van der Waals surface area contributed by atoms with Crippen LogP contribution in [0, 0.1) is 0 Å². The molecule has 0 bridgehead atoms. The maximum absolute atomic E-state index is 4.54. The highest BCUT2D eigenvalue weighted by Crippen LogP contribution is 2.32. The lowest BCUT2D eigenvalue weighted by Crippen LogP contribution is -2.05. The highest BCUT2D eigenvalue weighted by molar-refractivity contribution is 7.99. The van der Waals surface area contributed by atoms with Crippen molar-refractivity contribution in [1.29, 1.82) is 0 Å². The van der Waals surface area contributed by atoms with Gasteiger partial charge in [-0.25, -0.2) is 0 Å². The molecule has 5 nitrogen and oxygen atoms in total. The maximum atomic E-state index is 4.54. The van der Waals surface area contributed by atoms with Gasteiger partial charge in [-0.3, -0.25) is 14.5 Å². The van der Waals surface area contributed by atoms with Crippen LogP contribution in [-0.2, 0) is 6.42 Å². The number of benzene rings is 1. The lowest BCUT2D eigenvalue weighted by molar-refractivity contribution is 0.818. The van der Waals surface area contributed by atoms with E-state index in [9.17, 15) is 0 Å². The number of hydrogen-bond donors (Lipinski definition) is 0. The number of pyridine rings is 2. The molecule has 0 aliphatic carbocycles. The van der Waals surface area contributed by atoms with Crippen molar-refractivity contribution in [1.82, 2.24) is 24.7 Å². The van der Waals surface area contributed by atoms with Gasteiger partial charge in [0.25, 0.3) is 0 Å². The third-order valence-corrected chi connectivity index (χ3v) is 5.65. The minimum atomic E-state index is 0.394. The van der Waals surface area contributed by atoms with Crippen molar-refractivity contribution in [3.05, 3.63) is 84.4 Å². The smallest absolute Gasteiger partial charge is 0.196 e. The monoisotopic (exact) mass is 401 g/mol. The Hall–Kier alpha value is -2.99. The first-order valence-corrected chi connectivity index (χ1v) is 10.7. The predicted octanol–water partition coefficient (Wildman–Crippen LogP) is 5.18. The van der Waals surface area contributed by atoms with Gasteiger partial charge in [-0.05, 0) is 53.8 Å². The summed E-state index contributed by atoms with van der Waals surface area (Å²) in [4.78, 5) is 8.36. The molecule has 0 unspecified atom stereocenters. The normalized spacial score (nSPS) is 11.1. The van der Waals surface area contributed by atoms with Crippen molar-refractivity contribution in [3.63, 3.8) is 0 Å². The SMILES string of the molecule is CC(C)c1ccccc1-n1c(SCCc2ccncc2)nnc1-c1cccnc1. The molecule has 0 aliphatic heterocycles. The average Bonchev–Trinajstić information content (AvgIpc) is 3.19. The second-order valence-electron chi connectivity index (χ2n) is 7.05. The Balaban J connectivity index is 1.72. The van der Waals surface area contributed by atoms with Gasteiger partial charge in [-0.15, -0.1) is 10.2 Å². The van der Waals surface area contributed by atoms with Gasteiger partial charge >= 0.3 is 0 Å². The average molecular weight is 402 g/mol. The molecule has 4 rings (SSSR count). The molecule has 1 aromatic carbocycles. The summed E-state index contributed by atoms with van der Waals surface area (Å²) in [5, 5.41) is 9.96. The Morgan fingerprint density at radius 2 is 1.72 bits per heavy atom. The van der Waals surface area contributed by atoms with Gasteiger partial charge in [0.15, 0.2) is 11.0 Å². The fraction of sp³-hybridized carbons (Fsp3) is 0.217. The van der Waals surface area contributed by atoms with E-state index in [2.05, 4.69) is 75.0 Å². The first kappa shape index (κ1) is 19.3. The summed E-state index contributed by atoms with van der Waals surface area (Å²) in [6.07, 6.45) is 8.23. The lowest BCUT2D eigenvalue weighted by Gasteiger charge is -2.16. The van der Waals surface area contributed by atoms with Crippen LogP contribution in [-0.4, -0.2) is 30.5 Å². The summed E-state index contributed by atoms with van der Waals surface area (Å²) in [6, 6.07) is 16.5. The van der Waals surface area contributed by atoms with Crippen molar-refractivity contribution in [2.75, 3.05) is 5.75 Å². The Morgan fingerprint density at radius 1 is 0.897 bits per heavy atom. The number of nitrogens with zero attached hydrogens (tertiary/aromatic N) is 5. The summed E-state index contributed by atoms with van der Waals surface area (Å²) in [6.45, 7) is 4.42. The van der Waals surface area contributed by atoms with Gasteiger partial charge < -0.3 is 0 Å². The summed E-state index contributed by atoms with van der Waals surface area (Å²) in [5.41, 5.74) is 4.62. The van der Waals surface area contributed by atoms with E-state index in [0.717, 1.165) is 34.4 Å². The van der Waals surface area contributed by atoms with E-state index in [0.29, 0.717) is 5.92 Å². The quantitative estimate of drug-likeness (QED) is 0.399. The Morgan fingerprint density at radius 3 is 2.48 bits per heavy atom. The summed E-state index contributed by atoms with van der Waals surface area (Å²) in [7, 11) is 0. The highest BCUT2D eigenvalue weighted by Gasteiger charge is 2.19. The van der Waals surface area contributed by atoms with Crippen LogP contribution in [0.4, 0.5) is 0 Å². The molecule has 146 valence electrons. The largest absolute Gasteiger partial charge is 0.270 e. The molecule has 6 heteroatoms. The van der Waals surface area contributed by atoms with Gasteiger partial charge in [-0.1, -0.05) is 43.8 Å². The summed E-state index contributed by atoms with van der Waals surface area (Å²) in [5.74, 6) is 2.13. The van der Waals surface area contributed by atoms with E-state index in [-0.39, 0.29) is 0 Å².